The highest BCUT2D eigenvalue weighted by molar-refractivity contribution is 5.70. The van der Waals surface area contributed by atoms with Crippen LogP contribution in [-0.2, 0) is 14.3 Å². The number of amides is 1. The first-order valence-corrected chi connectivity index (χ1v) is 10.7. The van der Waals surface area contributed by atoms with E-state index < -0.39 is 11.7 Å². The van der Waals surface area contributed by atoms with Gasteiger partial charge in [0.15, 0.2) is 0 Å². The fourth-order valence-corrected chi connectivity index (χ4v) is 3.77. The van der Waals surface area contributed by atoms with Crippen LogP contribution < -0.4 is 10.1 Å². The van der Waals surface area contributed by atoms with Gasteiger partial charge in [0, 0.05) is 24.9 Å². The highest BCUT2D eigenvalue weighted by Crippen LogP contribution is 2.35. The second-order valence-corrected chi connectivity index (χ2v) is 8.82. The number of nitrogens with zero attached hydrogens (tertiary/aromatic N) is 1. The molecule has 0 radical (unpaired) electrons. The Bertz CT molecular complexity index is 684. The van der Waals surface area contributed by atoms with Gasteiger partial charge in [-0.05, 0) is 71.3 Å². The van der Waals surface area contributed by atoms with Crippen molar-refractivity contribution >= 4 is 12.1 Å². The van der Waals surface area contributed by atoms with Crippen molar-refractivity contribution in [1.29, 1.82) is 0 Å². The average Bonchev–Trinajstić information content (AvgIpc) is 2.68. The molecule has 0 saturated carbocycles. The van der Waals surface area contributed by atoms with E-state index in [1.807, 2.05) is 32.9 Å². The molecule has 0 bridgehead atoms. The summed E-state index contributed by atoms with van der Waals surface area (Å²) < 4.78 is 16.0. The van der Waals surface area contributed by atoms with Gasteiger partial charge in [-0.3, -0.25) is 9.69 Å². The molecule has 1 N–H and O–H groups in total. The number of likely N-dealkylation sites (tertiary alicyclic amines) is 1. The number of carbonyl (C=O) groups excluding carboxylic acids is 2. The van der Waals surface area contributed by atoms with Crippen LogP contribution in [0, 0.1) is 5.92 Å². The average molecular weight is 421 g/mol. The zero-order valence-corrected chi connectivity index (χ0v) is 18.9. The quantitative estimate of drug-likeness (QED) is 0.507. The maximum atomic E-state index is 12.2. The number of carbonyl (C=O) groups is 2. The highest BCUT2D eigenvalue weighted by atomic mass is 16.6. The fraction of sp³-hybridized carbons (Fsp3) is 0.652. The molecular formula is C23H36N2O5. The second kappa shape index (κ2) is 11.2. The van der Waals surface area contributed by atoms with Crippen molar-refractivity contribution in [3.05, 3.63) is 29.8 Å². The second-order valence-electron chi connectivity index (χ2n) is 8.82. The Labute approximate surface area is 180 Å². The molecule has 7 heteroatoms. The van der Waals surface area contributed by atoms with E-state index in [0.717, 1.165) is 25.1 Å². The van der Waals surface area contributed by atoms with Crippen LogP contribution in [-0.4, -0.2) is 56.4 Å². The topological polar surface area (TPSA) is 77.1 Å². The fourth-order valence-electron chi connectivity index (χ4n) is 3.77. The number of benzene rings is 1. The van der Waals surface area contributed by atoms with E-state index in [9.17, 15) is 9.59 Å². The van der Waals surface area contributed by atoms with Gasteiger partial charge in [-0.1, -0.05) is 12.1 Å². The monoisotopic (exact) mass is 420 g/mol. The van der Waals surface area contributed by atoms with Crippen molar-refractivity contribution < 1.29 is 23.8 Å². The smallest absolute Gasteiger partial charge is 0.407 e. The standard InChI is InChI=1S/C23H36N2O5/c1-23(2,3)30-22(27)24-14-6-9-20(26)29-16-18-8-7-15-25(4)21(18)17-10-12-19(28-5)13-11-17/h10-13,18,21H,6-9,14-16H2,1-5H3,(H,24,27)/t18-,21+/m0/s1. The normalized spacial score (nSPS) is 19.8. The van der Waals surface area contributed by atoms with E-state index in [4.69, 9.17) is 14.2 Å². The first-order chi connectivity index (χ1) is 14.2. The Morgan fingerprint density at radius 1 is 1.20 bits per heavy atom. The molecule has 1 amide bonds. The summed E-state index contributed by atoms with van der Waals surface area (Å²) in [7, 11) is 3.78. The summed E-state index contributed by atoms with van der Waals surface area (Å²) in [5, 5.41) is 2.66. The van der Waals surface area contributed by atoms with Crippen molar-refractivity contribution in [2.24, 2.45) is 5.92 Å². The van der Waals surface area contributed by atoms with Crippen molar-refractivity contribution in [2.45, 2.75) is 58.1 Å². The van der Waals surface area contributed by atoms with E-state index in [2.05, 4.69) is 29.4 Å². The van der Waals surface area contributed by atoms with Gasteiger partial charge in [0.05, 0.1) is 13.7 Å². The third-order valence-electron chi connectivity index (χ3n) is 5.15. The Balaban J connectivity index is 1.78. The molecule has 0 aromatic heterocycles. The van der Waals surface area contributed by atoms with Gasteiger partial charge in [-0.2, -0.15) is 0 Å². The van der Waals surface area contributed by atoms with Gasteiger partial charge < -0.3 is 19.5 Å². The molecule has 1 aromatic rings. The number of esters is 1. The maximum Gasteiger partial charge on any atom is 0.407 e. The van der Waals surface area contributed by atoms with Crippen LogP contribution in [0.3, 0.4) is 0 Å². The number of methoxy groups -OCH3 is 1. The summed E-state index contributed by atoms with van der Waals surface area (Å²) in [6, 6.07) is 8.33. The molecule has 0 spiro atoms. The molecular weight excluding hydrogens is 384 g/mol. The first-order valence-electron chi connectivity index (χ1n) is 10.7. The summed E-state index contributed by atoms with van der Waals surface area (Å²) in [5.74, 6) is 0.851. The van der Waals surface area contributed by atoms with Crippen molar-refractivity contribution in [1.82, 2.24) is 10.2 Å². The van der Waals surface area contributed by atoms with Gasteiger partial charge in [-0.15, -0.1) is 0 Å². The zero-order chi connectivity index (χ0) is 22.1. The molecule has 168 valence electrons. The third kappa shape index (κ3) is 7.86. The number of ether oxygens (including phenoxy) is 3. The molecule has 1 aliphatic heterocycles. The Morgan fingerprint density at radius 2 is 1.90 bits per heavy atom. The van der Waals surface area contributed by atoms with Crippen LogP contribution in [0.5, 0.6) is 5.75 Å². The van der Waals surface area contributed by atoms with Crippen LogP contribution in [0.25, 0.3) is 0 Å². The van der Waals surface area contributed by atoms with E-state index in [1.54, 1.807) is 7.11 Å². The zero-order valence-electron chi connectivity index (χ0n) is 18.9. The Hall–Kier alpha value is -2.28. The third-order valence-corrected chi connectivity index (χ3v) is 5.15. The molecule has 1 saturated heterocycles. The van der Waals surface area contributed by atoms with E-state index in [-0.39, 0.29) is 24.3 Å². The van der Waals surface area contributed by atoms with Crippen LogP contribution in [0.4, 0.5) is 4.79 Å². The predicted octanol–water partition coefficient (Wildman–Crippen LogP) is 3.93. The summed E-state index contributed by atoms with van der Waals surface area (Å²) in [6.45, 7) is 7.24. The van der Waals surface area contributed by atoms with Gasteiger partial charge in [0.2, 0.25) is 0 Å². The van der Waals surface area contributed by atoms with Crippen molar-refractivity contribution in [3.8, 4) is 5.75 Å². The molecule has 2 atom stereocenters. The van der Waals surface area contributed by atoms with Crippen LogP contribution in [0.15, 0.2) is 24.3 Å². The molecule has 1 aromatic carbocycles. The van der Waals surface area contributed by atoms with Crippen LogP contribution >= 0.6 is 0 Å². The minimum atomic E-state index is -0.531. The highest BCUT2D eigenvalue weighted by Gasteiger charge is 2.31. The lowest BCUT2D eigenvalue weighted by atomic mass is 9.85. The van der Waals surface area contributed by atoms with Crippen LogP contribution in [0.2, 0.25) is 0 Å². The summed E-state index contributed by atoms with van der Waals surface area (Å²) in [4.78, 5) is 26.1. The summed E-state index contributed by atoms with van der Waals surface area (Å²) in [5.41, 5.74) is 0.678. The SMILES string of the molecule is COc1ccc([C@@H]2[C@H](COC(=O)CCCNC(=O)OC(C)(C)C)CCCN2C)cc1. The summed E-state index contributed by atoms with van der Waals surface area (Å²) >= 11 is 0. The molecule has 0 unspecified atom stereocenters. The number of rotatable bonds is 8. The Kier molecular flexibility index (Phi) is 8.96. The first kappa shape index (κ1) is 24.0. The number of hydrogen-bond acceptors (Lipinski definition) is 6. The lowest BCUT2D eigenvalue weighted by Gasteiger charge is -2.39. The number of nitrogens with one attached hydrogen (secondary N) is 1. The minimum absolute atomic E-state index is 0.214. The summed E-state index contributed by atoms with van der Waals surface area (Å²) in [6.07, 6.45) is 2.43. The lowest BCUT2D eigenvalue weighted by Crippen LogP contribution is -2.38. The molecule has 1 heterocycles. The van der Waals surface area contributed by atoms with Crippen molar-refractivity contribution in [3.63, 3.8) is 0 Å². The van der Waals surface area contributed by atoms with Gasteiger partial charge >= 0.3 is 12.1 Å². The molecule has 0 aliphatic carbocycles. The Morgan fingerprint density at radius 3 is 2.53 bits per heavy atom. The van der Waals surface area contributed by atoms with Crippen molar-refractivity contribution in [2.75, 3.05) is 33.9 Å². The van der Waals surface area contributed by atoms with Crippen LogP contribution in [0.1, 0.15) is 58.1 Å². The number of hydrogen-bond donors (Lipinski definition) is 1. The predicted molar refractivity (Wildman–Crippen MR) is 116 cm³/mol. The number of alkyl carbamates (subject to hydrolysis) is 1. The molecule has 1 aliphatic rings. The van der Waals surface area contributed by atoms with E-state index >= 15 is 0 Å². The van der Waals surface area contributed by atoms with E-state index in [1.165, 1.54) is 5.56 Å². The maximum absolute atomic E-state index is 12.2. The van der Waals surface area contributed by atoms with Gasteiger partial charge in [0.1, 0.15) is 11.4 Å². The molecule has 30 heavy (non-hydrogen) atoms. The molecule has 1 fully saturated rings. The van der Waals surface area contributed by atoms with Gasteiger partial charge in [0.25, 0.3) is 0 Å². The largest absolute Gasteiger partial charge is 0.497 e. The molecule has 2 rings (SSSR count). The number of piperidine rings is 1. The minimum Gasteiger partial charge on any atom is -0.497 e. The molecule has 7 nitrogen and oxygen atoms in total. The van der Waals surface area contributed by atoms with E-state index in [0.29, 0.717) is 19.6 Å². The lowest BCUT2D eigenvalue weighted by molar-refractivity contribution is -0.146. The van der Waals surface area contributed by atoms with Gasteiger partial charge in [-0.25, -0.2) is 4.79 Å².